The average molecular weight is 279 g/mol. The maximum Gasteiger partial charge on any atom is 0.296 e. The van der Waals surface area contributed by atoms with E-state index in [-0.39, 0.29) is 24.6 Å². The number of rotatable bonds is 3. The fourth-order valence-electron chi connectivity index (χ4n) is 2.68. The minimum absolute atomic E-state index is 0.0177. The van der Waals surface area contributed by atoms with Crippen LogP contribution in [0.4, 0.5) is 11.4 Å². The Balaban J connectivity index is 1.82. The third kappa shape index (κ3) is 2.49. The van der Waals surface area contributed by atoms with Gasteiger partial charge in [0.25, 0.3) is 5.69 Å². The summed E-state index contributed by atoms with van der Waals surface area (Å²) in [5, 5.41) is 14.4. The largest absolute Gasteiger partial charge is 0.454 e. The van der Waals surface area contributed by atoms with Crippen LogP contribution in [0.2, 0.25) is 0 Å². The van der Waals surface area contributed by atoms with Crippen molar-refractivity contribution in [3.63, 3.8) is 0 Å². The van der Waals surface area contributed by atoms with Crippen LogP contribution in [0.25, 0.3) is 0 Å². The number of hydrogen-bond donors (Lipinski definition) is 2. The number of nitro benzene ring substituents is 1. The lowest BCUT2D eigenvalue weighted by atomic mass is 9.91. The highest BCUT2D eigenvalue weighted by atomic mass is 16.7. The topological polar surface area (TPSA) is 99.7 Å². The molecule has 3 rings (SSSR count). The zero-order chi connectivity index (χ0) is 14.1. The number of fused-ring (bicyclic) bond motifs is 1. The van der Waals surface area contributed by atoms with Crippen LogP contribution in [-0.4, -0.2) is 23.8 Å². The van der Waals surface area contributed by atoms with Gasteiger partial charge in [-0.1, -0.05) is 0 Å². The molecular weight excluding hydrogens is 262 g/mol. The monoisotopic (exact) mass is 279 g/mol. The second kappa shape index (κ2) is 5.16. The molecule has 1 saturated carbocycles. The molecule has 1 aliphatic heterocycles. The summed E-state index contributed by atoms with van der Waals surface area (Å²) in [5.74, 6) is 0.971. The SMILES string of the molecule is NC1CCC(Nc2cc3c(cc2[N+](=O)[O-])OCO3)CC1. The van der Waals surface area contributed by atoms with Gasteiger partial charge in [-0.15, -0.1) is 0 Å². The minimum atomic E-state index is -0.404. The number of anilines is 1. The van der Waals surface area contributed by atoms with Crippen molar-refractivity contribution in [2.24, 2.45) is 5.73 Å². The fraction of sp³-hybridized carbons (Fsp3) is 0.538. The number of nitrogens with zero attached hydrogens (tertiary/aromatic N) is 1. The molecule has 0 atom stereocenters. The first-order valence-corrected chi connectivity index (χ1v) is 6.73. The lowest BCUT2D eigenvalue weighted by molar-refractivity contribution is -0.384. The molecule has 0 saturated heterocycles. The standard InChI is InChI=1S/C13H17N3O4/c14-8-1-3-9(4-2-8)15-10-5-12-13(20-7-19-12)6-11(10)16(17)18/h5-6,8-9,15H,1-4,7,14H2. The Kier molecular flexibility index (Phi) is 3.35. The van der Waals surface area contributed by atoms with E-state index in [2.05, 4.69) is 5.32 Å². The van der Waals surface area contributed by atoms with Crippen LogP contribution < -0.4 is 20.5 Å². The average Bonchev–Trinajstić information content (AvgIpc) is 2.87. The lowest BCUT2D eigenvalue weighted by Gasteiger charge is -2.27. The van der Waals surface area contributed by atoms with Gasteiger partial charge in [0.05, 0.1) is 11.0 Å². The van der Waals surface area contributed by atoms with Gasteiger partial charge in [-0.05, 0) is 25.7 Å². The van der Waals surface area contributed by atoms with Gasteiger partial charge in [-0.2, -0.15) is 0 Å². The highest BCUT2D eigenvalue weighted by Gasteiger charge is 2.26. The van der Waals surface area contributed by atoms with Crippen LogP contribution in [0.3, 0.4) is 0 Å². The molecule has 1 aliphatic carbocycles. The number of nitrogens with one attached hydrogen (secondary N) is 1. The van der Waals surface area contributed by atoms with Gasteiger partial charge in [0.2, 0.25) is 6.79 Å². The van der Waals surface area contributed by atoms with E-state index >= 15 is 0 Å². The van der Waals surface area contributed by atoms with Gasteiger partial charge in [-0.3, -0.25) is 10.1 Å². The molecule has 0 radical (unpaired) electrons. The van der Waals surface area contributed by atoms with Gasteiger partial charge in [-0.25, -0.2) is 0 Å². The van der Waals surface area contributed by atoms with E-state index in [0.29, 0.717) is 17.2 Å². The Morgan fingerprint density at radius 1 is 1.20 bits per heavy atom. The summed E-state index contributed by atoms with van der Waals surface area (Å²) in [6, 6.07) is 3.53. The zero-order valence-corrected chi connectivity index (χ0v) is 11.0. The van der Waals surface area contributed by atoms with E-state index in [9.17, 15) is 10.1 Å². The quantitative estimate of drug-likeness (QED) is 0.648. The summed E-state index contributed by atoms with van der Waals surface area (Å²) in [6.45, 7) is 0.105. The number of nitro groups is 1. The Hall–Kier alpha value is -2.02. The van der Waals surface area contributed by atoms with Crippen molar-refractivity contribution in [2.75, 3.05) is 12.1 Å². The summed E-state index contributed by atoms with van der Waals surface area (Å²) < 4.78 is 10.5. The fourth-order valence-corrected chi connectivity index (χ4v) is 2.68. The molecule has 3 N–H and O–H groups in total. The van der Waals surface area contributed by atoms with E-state index in [1.165, 1.54) is 6.07 Å². The predicted molar refractivity (Wildman–Crippen MR) is 73.1 cm³/mol. The molecule has 0 spiro atoms. The molecule has 2 aliphatic rings. The van der Waals surface area contributed by atoms with Crippen LogP contribution in [0.1, 0.15) is 25.7 Å². The van der Waals surface area contributed by atoms with E-state index in [1.807, 2.05) is 0 Å². The molecule has 0 bridgehead atoms. The smallest absolute Gasteiger partial charge is 0.296 e. The van der Waals surface area contributed by atoms with Gasteiger partial charge in [0.15, 0.2) is 11.5 Å². The Labute approximate surface area is 116 Å². The third-order valence-electron chi connectivity index (χ3n) is 3.82. The molecule has 0 amide bonds. The lowest BCUT2D eigenvalue weighted by Crippen LogP contribution is -2.32. The zero-order valence-electron chi connectivity index (χ0n) is 11.0. The molecule has 1 aromatic rings. The first-order chi connectivity index (χ1) is 9.63. The molecule has 108 valence electrons. The summed E-state index contributed by atoms with van der Waals surface area (Å²) >= 11 is 0. The highest BCUT2D eigenvalue weighted by molar-refractivity contribution is 5.69. The van der Waals surface area contributed by atoms with Crippen molar-refractivity contribution in [1.29, 1.82) is 0 Å². The Morgan fingerprint density at radius 2 is 1.85 bits per heavy atom. The van der Waals surface area contributed by atoms with Crippen LogP contribution in [-0.2, 0) is 0 Å². The van der Waals surface area contributed by atoms with E-state index in [1.54, 1.807) is 6.07 Å². The van der Waals surface area contributed by atoms with Crippen molar-refractivity contribution < 1.29 is 14.4 Å². The van der Waals surface area contributed by atoms with Crippen molar-refractivity contribution in [2.45, 2.75) is 37.8 Å². The van der Waals surface area contributed by atoms with Gasteiger partial charge >= 0.3 is 0 Å². The molecule has 1 heterocycles. The molecule has 1 aromatic carbocycles. The number of hydrogen-bond acceptors (Lipinski definition) is 6. The van der Waals surface area contributed by atoms with E-state index in [0.717, 1.165) is 25.7 Å². The molecule has 7 heteroatoms. The molecule has 1 fully saturated rings. The van der Waals surface area contributed by atoms with Crippen molar-refractivity contribution in [3.8, 4) is 11.5 Å². The maximum atomic E-state index is 11.2. The van der Waals surface area contributed by atoms with E-state index < -0.39 is 4.92 Å². The Morgan fingerprint density at radius 3 is 2.50 bits per heavy atom. The summed E-state index contributed by atoms with van der Waals surface area (Å²) in [6.07, 6.45) is 3.73. The van der Waals surface area contributed by atoms with Crippen LogP contribution in [0.15, 0.2) is 12.1 Å². The maximum absolute atomic E-state index is 11.2. The number of ether oxygens (including phenoxy) is 2. The van der Waals surface area contributed by atoms with Crippen molar-refractivity contribution >= 4 is 11.4 Å². The third-order valence-corrected chi connectivity index (χ3v) is 3.82. The second-order valence-corrected chi connectivity index (χ2v) is 5.24. The first-order valence-electron chi connectivity index (χ1n) is 6.73. The normalized spacial score (nSPS) is 24.4. The highest BCUT2D eigenvalue weighted by Crippen LogP contribution is 2.41. The van der Waals surface area contributed by atoms with Gasteiger partial charge < -0.3 is 20.5 Å². The molecule has 0 unspecified atom stereocenters. The Bertz CT molecular complexity index is 527. The molecule has 0 aromatic heterocycles. The molecule has 7 nitrogen and oxygen atoms in total. The van der Waals surface area contributed by atoms with Crippen LogP contribution >= 0.6 is 0 Å². The van der Waals surface area contributed by atoms with Crippen LogP contribution in [0.5, 0.6) is 11.5 Å². The predicted octanol–water partition coefficient (Wildman–Crippen LogP) is 2.01. The summed E-state index contributed by atoms with van der Waals surface area (Å²) in [4.78, 5) is 10.8. The number of nitrogens with two attached hydrogens (primary N) is 1. The van der Waals surface area contributed by atoms with E-state index in [4.69, 9.17) is 15.2 Å². The molecular formula is C13H17N3O4. The first kappa shape index (κ1) is 13.0. The van der Waals surface area contributed by atoms with Gasteiger partial charge in [0, 0.05) is 18.2 Å². The van der Waals surface area contributed by atoms with Crippen molar-refractivity contribution in [1.82, 2.24) is 0 Å². The number of benzene rings is 1. The second-order valence-electron chi connectivity index (χ2n) is 5.24. The summed E-state index contributed by atoms with van der Waals surface area (Å²) in [5.41, 5.74) is 6.37. The van der Waals surface area contributed by atoms with Gasteiger partial charge in [0.1, 0.15) is 5.69 Å². The van der Waals surface area contributed by atoms with Crippen molar-refractivity contribution in [3.05, 3.63) is 22.2 Å². The van der Waals surface area contributed by atoms with Crippen LogP contribution in [0, 0.1) is 10.1 Å². The summed E-state index contributed by atoms with van der Waals surface area (Å²) in [7, 11) is 0. The minimum Gasteiger partial charge on any atom is -0.454 e. The molecule has 20 heavy (non-hydrogen) atoms.